The zero-order chi connectivity index (χ0) is 19.3. The Hall–Kier alpha value is -2.35. The summed E-state index contributed by atoms with van der Waals surface area (Å²) in [7, 11) is 0. The fourth-order valence-corrected chi connectivity index (χ4v) is 4.31. The number of hydrogen-bond acceptors (Lipinski definition) is 5. The van der Waals surface area contributed by atoms with E-state index in [1.807, 2.05) is 30.3 Å². The average molecular weight is 399 g/mol. The minimum atomic E-state index is -0.295. The molecule has 0 bridgehead atoms. The Labute approximate surface area is 167 Å². The van der Waals surface area contributed by atoms with Gasteiger partial charge in [0.2, 0.25) is 0 Å². The monoisotopic (exact) mass is 399 g/mol. The minimum Gasteiger partial charge on any atom is -0.379 e. The molecule has 28 heavy (non-hydrogen) atoms. The van der Waals surface area contributed by atoms with E-state index in [1.54, 1.807) is 11.0 Å². The maximum atomic E-state index is 13.6. The molecule has 1 aliphatic rings. The molecule has 0 aliphatic carbocycles. The lowest BCUT2D eigenvalue weighted by Gasteiger charge is -2.27. The number of carbonyl (C=O) groups excluding carboxylic acids is 1. The summed E-state index contributed by atoms with van der Waals surface area (Å²) in [4.78, 5) is 21.8. The Morgan fingerprint density at radius 2 is 1.96 bits per heavy atom. The van der Waals surface area contributed by atoms with E-state index in [4.69, 9.17) is 4.74 Å². The van der Waals surface area contributed by atoms with Gasteiger partial charge in [-0.05, 0) is 36.8 Å². The molecule has 3 aromatic rings. The predicted octanol–water partition coefficient (Wildman–Crippen LogP) is 3.80. The molecule has 0 atom stereocenters. The van der Waals surface area contributed by atoms with Gasteiger partial charge in [0.15, 0.2) is 5.13 Å². The molecule has 0 radical (unpaired) electrons. The van der Waals surface area contributed by atoms with Crippen LogP contribution in [0.1, 0.15) is 16.8 Å². The van der Waals surface area contributed by atoms with Crippen molar-refractivity contribution in [2.24, 2.45) is 0 Å². The summed E-state index contributed by atoms with van der Waals surface area (Å²) in [5, 5.41) is 0.608. The number of aromatic nitrogens is 1. The fourth-order valence-electron chi connectivity index (χ4n) is 3.30. The van der Waals surface area contributed by atoms with E-state index in [1.165, 1.54) is 23.5 Å². The van der Waals surface area contributed by atoms with Gasteiger partial charge < -0.3 is 4.74 Å². The van der Waals surface area contributed by atoms with Crippen LogP contribution in [0.4, 0.5) is 9.52 Å². The van der Waals surface area contributed by atoms with Crippen LogP contribution < -0.4 is 4.90 Å². The molecule has 2 heterocycles. The molecule has 0 saturated carbocycles. The zero-order valence-electron chi connectivity index (χ0n) is 15.5. The molecule has 1 amide bonds. The van der Waals surface area contributed by atoms with Crippen molar-refractivity contribution in [2.75, 3.05) is 44.3 Å². The Balaban J connectivity index is 1.55. The molecule has 0 spiro atoms. The smallest absolute Gasteiger partial charge is 0.260 e. The van der Waals surface area contributed by atoms with E-state index in [-0.39, 0.29) is 11.7 Å². The zero-order valence-corrected chi connectivity index (χ0v) is 16.3. The SMILES string of the molecule is O=C(c1ccccc1)N(CCCN1CCOCC1)c1nc2ccc(F)cc2s1. The van der Waals surface area contributed by atoms with Crippen molar-refractivity contribution in [3.63, 3.8) is 0 Å². The highest BCUT2D eigenvalue weighted by Crippen LogP contribution is 2.30. The number of thiazole rings is 1. The summed E-state index contributed by atoms with van der Waals surface area (Å²) in [6.45, 7) is 4.83. The number of hydrogen-bond donors (Lipinski definition) is 0. The number of ether oxygens (including phenoxy) is 1. The number of rotatable bonds is 6. The molecule has 1 fully saturated rings. The summed E-state index contributed by atoms with van der Waals surface area (Å²) in [5.41, 5.74) is 1.33. The number of nitrogens with zero attached hydrogens (tertiary/aromatic N) is 3. The number of anilines is 1. The molecular weight excluding hydrogens is 377 g/mol. The topological polar surface area (TPSA) is 45.7 Å². The molecule has 4 rings (SSSR count). The maximum absolute atomic E-state index is 13.6. The highest BCUT2D eigenvalue weighted by atomic mass is 32.1. The quantitative estimate of drug-likeness (QED) is 0.632. The van der Waals surface area contributed by atoms with Crippen LogP contribution in [-0.4, -0.2) is 55.2 Å². The van der Waals surface area contributed by atoms with Gasteiger partial charge in [0.1, 0.15) is 5.82 Å². The highest BCUT2D eigenvalue weighted by molar-refractivity contribution is 7.22. The van der Waals surface area contributed by atoms with Gasteiger partial charge >= 0.3 is 0 Å². The molecule has 5 nitrogen and oxygen atoms in total. The molecule has 2 aromatic carbocycles. The Kier molecular flexibility index (Phi) is 5.95. The van der Waals surface area contributed by atoms with Gasteiger partial charge in [-0.2, -0.15) is 0 Å². The second-order valence-electron chi connectivity index (χ2n) is 6.74. The van der Waals surface area contributed by atoms with Gasteiger partial charge in [0, 0.05) is 31.7 Å². The maximum Gasteiger partial charge on any atom is 0.260 e. The van der Waals surface area contributed by atoms with Gasteiger partial charge in [-0.25, -0.2) is 9.37 Å². The fraction of sp³-hybridized carbons (Fsp3) is 0.333. The highest BCUT2D eigenvalue weighted by Gasteiger charge is 2.21. The van der Waals surface area contributed by atoms with E-state index in [0.717, 1.165) is 44.0 Å². The van der Waals surface area contributed by atoms with Gasteiger partial charge in [-0.3, -0.25) is 14.6 Å². The van der Waals surface area contributed by atoms with E-state index >= 15 is 0 Å². The van der Waals surface area contributed by atoms with Crippen LogP contribution in [0.15, 0.2) is 48.5 Å². The van der Waals surface area contributed by atoms with Crippen LogP contribution in [0.25, 0.3) is 10.2 Å². The third-order valence-electron chi connectivity index (χ3n) is 4.80. The van der Waals surface area contributed by atoms with Crippen LogP contribution in [-0.2, 0) is 4.74 Å². The number of amides is 1. The predicted molar refractivity (Wildman–Crippen MR) is 110 cm³/mol. The number of morpholine rings is 1. The lowest BCUT2D eigenvalue weighted by Crippen LogP contribution is -2.39. The van der Waals surface area contributed by atoms with Gasteiger partial charge in [0.25, 0.3) is 5.91 Å². The van der Waals surface area contributed by atoms with E-state index < -0.39 is 0 Å². The number of fused-ring (bicyclic) bond motifs is 1. The third kappa shape index (κ3) is 4.38. The Morgan fingerprint density at radius 1 is 1.18 bits per heavy atom. The van der Waals surface area contributed by atoms with Crippen molar-refractivity contribution in [3.8, 4) is 0 Å². The lowest BCUT2D eigenvalue weighted by molar-refractivity contribution is 0.0376. The van der Waals surface area contributed by atoms with Crippen LogP contribution in [0.2, 0.25) is 0 Å². The van der Waals surface area contributed by atoms with Crippen molar-refractivity contribution in [1.82, 2.24) is 9.88 Å². The van der Waals surface area contributed by atoms with Crippen molar-refractivity contribution < 1.29 is 13.9 Å². The van der Waals surface area contributed by atoms with Crippen LogP contribution in [0.3, 0.4) is 0 Å². The second-order valence-corrected chi connectivity index (χ2v) is 7.75. The van der Waals surface area contributed by atoms with Crippen LogP contribution in [0.5, 0.6) is 0 Å². The van der Waals surface area contributed by atoms with Crippen molar-refractivity contribution in [1.29, 1.82) is 0 Å². The lowest BCUT2D eigenvalue weighted by atomic mass is 10.2. The van der Waals surface area contributed by atoms with Crippen LogP contribution >= 0.6 is 11.3 Å². The van der Waals surface area contributed by atoms with E-state index in [9.17, 15) is 9.18 Å². The molecule has 7 heteroatoms. The first kappa shape index (κ1) is 19.0. The first-order valence-corrected chi connectivity index (χ1v) is 10.3. The number of halogens is 1. The normalized spacial score (nSPS) is 15.0. The molecule has 1 saturated heterocycles. The summed E-state index contributed by atoms with van der Waals surface area (Å²) in [6, 6.07) is 13.7. The molecule has 0 N–H and O–H groups in total. The number of benzene rings is 2. The van der Waals surface area contributed by atoms with E-state index in [2.05, 4.69) is 9.88 Å². The molecule has 1 aliphatic heterocycles. The van der Waals surface area contributed by atoms with Crippen molar-refractivity contribution >= 4 is 32.6 Å². The second kappa shape index (κ2) is 8.77. The summed E-state index contributed by atoms with van der Waals surface area (Å²) >= 11 is 1.35. The van der Waals surface area contributed by atoms with Crippen molar-refractivity contribution in [2.45, 2.75) is 6.42 Å². The summed E-state index contributed by atoms with van der Waals surface area (Å²) in [6.07, 6.45) is 0.836. The molecular formula is C21H22FN3O2S. The molecule has 146 valence electrons. The largest absolute Gasteiger partial charge is 0.379 e. The van der Waals surface area contributed by atoms with Crippen molar-refractivity contribution in [3.05, 3.63) is 59.9 Å². The average Bonchev–Trinajstić information content (AvgIpc) is 3.15. The Bertz CT molecular complexity index is 941. The standard InChI is InChI=1S/C21H22FN3O2S/c22-17-7-8-18-19(15-17)28-21(23-18)25(20(26)16-5-2-1-3-6-16)10-4-9-24-11-13-27-14-12-24/h1-3,5-8,15H,4,9-14H2. The summed E-state index contributed by atoms with van der Waals surface area (Å²) < 4.78 is 19.7. The van der Waals surface area contributed by atoms with Gasteiger partial charge in [0.05, 0.1) is 23.4 Å². The molecule has 0 unspecified atom stereocenters. The third-order valence-corrected chi connectivity index (χ3v) is 5.84. The van der Waals surface area contributed by atoms with E-state index in [0.29, 0.717) is 22.8 Å². The first-order chi connectivity index (χ1) is 13.7. The van der Waals surface area contributed by atoms with Gasteiger partial charge in [-0.1, -0.05) is 29.5 Å². The first-order valence-electron chi connectivity index (χ1n) is 9.44. The Morgan fingerprint density at radius 3 is 2.75 bits per heavy atom. The summed E-state index contributed by atoms with van der Waals surface area (Å²) in [5.74, 6) is -0.377. The molecule has 1 aromatic heterocycles. The van der Waals surface area contributed by atoms with Crippen LogP contribution in [0, 0.1) is 5.82 Å². The number of carbonyl (C=O) groups is 1. The minimum absolute atomic E-state index is 0.0814. The van der Waals surface area contributed by atoms with Gasteiger partial charge in [-0.15, -0.1) is 0 Å².